The monoisotopic (exact) mass is 309 g/mol. The smallest absolute Gasteiger partial charge is 0.251 e. The fourth-order valence-electron chi connectivity index (χ4n) is 2.85. The molecule has 0 radical (unpaired) electrons. The molecule has 1 aromatic carbocycles. The first-order valence-electron chi connectivity index (χ1n) is 7.41. The van der Waals surface area contributed by atoms with Crippen LogP contribution in [0.5, 0.6) is 0 Å². The quantitative estimate of drug-likeness (QED) is 0.843. The number of nitrogens with one attached hydrogen (secondary N) is 1. The minimum absolute atomic E-state index is 0.184. The number of rotatable bonds is 6. The lowest BCUT2D eigenvalue weighted by atomic mass is 10.0. The van der Waals surface area contributed by atoms with Crippen LogP contribution in [0.15, 0.2) is 24.3 Å². The van der Waals surface area contributed by atoms with Crippen LogP contribution < -0.4 is 5.32 Å². The van der Waals surface area contributed by atoms with Gasteiger partial charge in [0, 0.05) is 34.9 Å². The van der Waals surface area contributed by atoms with Gasteiger partial charge in [0.25, 0.3) is 5.91 Å². The van der Waals surface area contributed by atoms with E-state index >= 15 is 0 Å². The topological polar surface area (TPSA) is 66.4 Å². The number of carbonyl (C=O) groups is 1. The van der Waals surface area contributed by atoms with Crippen LogP contribution in [-0.2, 0) is 16.6 Å². The van der Waals surface area contributed by atoms with Crippen molar-refractivity contribution < 1.29 is 14.1 Å². The molecule has 2 atom stereocenters. The molecule has 4 nitrogen and oxygen atoms in total. The summed E-state index contributed by atoms with van der Waals surface area (Å²) in [7, 11) is -0.923. The zero-order valence-corrected chi connectivity index (χ0v) is 13.2. The fraction of sp³-hybridized carbons (Fsp3) is 0.562. The summed E-state index contributed by atoms with van der Waals surface area (Å²) in [5.41, 5.74) is 1.44. The summed E-state index contributed by atoms with van der Waals surface area (Å²) in [4.78, 5) is 12.1. The third kappa shape index (κ3) is 4.93. The van der Waals surface area contributed by atoms with Crippen LogP contribution in [0.25, 0.3) is 0 Å². The van der Waals surface area contributed by atoms with Crippen LogP contribution >= 0.6 is 0 Å². The molecule has 0 heterocycles. The van der Waals surface area contributed by atoms with Gasteiger partial charge in [-0.1, -0.05) is 25.0 Å². The first kappa shape index (κ1) is 16.2. The normalized spacial score (nSPS) is 18.4. The van der Waals surface area contributed by atoms with Gasteiger partial charge in [0.1, 0.15) is 0 Å². The van der Waals surface area contributed by atoms with Crippen molar-refractivity contribution in [1.29, 1.82) is 0 Å². The second-order valence-corrected chi connectivity index (χ2v) is 7.17. The van der Waals surface area contributed by atoms with Gasteiger partial charge in [-0.2, -0.15) is 0 Å². The maximum atomic E-state index is 12.1. The Labute approximate surface area is 128 Å². The molecular weight excluding hydrogens is 286 g/mol. The van der Waals surface area contributed by atoms with Gasteiger partial charge in [0.2, 0.25) is 0 Å². The summed E-state index contributed by atoms with van der Waals surface area (Å²) >= 11 is 0. The van der Waals surface area contributed by atoms with Crippen molar-refractivity contribution >= 4 is 16.7 Å². The van der Waals surface area contributed by atoms with Crippen molar-refractivity contribution in [2.45, 2.75) is 37.5 Å². The van der Waals surface area contributed by atoms with E-state index in [2.05, 4.69) is 5.32 Å². The minimum Gasteiger partial charge on any atom is -0.391 e. The zero-order chi connectivity index (χ0) is 15.2. The van der Waals surface area contributed by atoms with E-state index < -0.39 is 16.9 Å². The van der Waals surface area contributed by atoms with Crippen LogP contribution in [-0.4, -0.2) is 34.1 Å². The predicted molar refractivity (Wildman–Crippen MR) is 84.5 cm³/mol. The van der Waals surface area contributed by atoms with E-state index in [9.17, 15) is 14.1 Å². The molecule has 21 heavy (non-hydrogen) atoms. The molecule has 5 heteroatoms. The molecule has 116 valence electrons. The maximum absolute atomic E-state index is 12.1. The molecular formula is C16H23NO3S. The van der Waals surface area contributed by atoms with Gasteiger partial charge in [0.15, 0.2) is 0 Å². The Hall–Kier alpha value is -1.20. The van der Waals surface area contributed by atoms with Crippen molar-refractivity contribution in [1.82, 2.24) is 5.32 Å². The number of aliphatic hydroxyl groups is 1. The molecule has 1 aliphatic rings. The maximum Gasteiger partial charge on any atom is 0.251 e. The number of hydrogen-bond acceptors (Lipinski definition) is 3. The summed E-state index contributed by atoms with van der Waals surface area (Å²) < 4.78 is 11.2. The minimum atomic E-state index is -0.923. The van der Waals surface area contributed by atoms with E-state index in [1.807, 2.05) is 6.07 Å². The average Bonchev–Trinajstić information content (AvgIpc) is 2.98. The third-order valence-corrected chi connectivity index (χ3v) is 4.71. The van der Waals surface area contributed by atoms with Crippen LogP contribution in [0.3, 0.4) is 0 Å². The molecule has 1 aromatic rings. The van der Waals surface area contributed by atoms with Crippen LogP contribution in [0.1, 0.15) is 41.6 Å². The Bertz CT molecular complexity index is 512. The lowest BCUT2D eigenvalue weighted by Crippen LogP contribution is -2.35. The molecule has 2 unspecified atom stereocenters. The predicted octanol–water partition coefficient (Wildman–Crippen LogP) is 1.85. The van der Waals surface area contributed by atoms with Crippen molar-refractivity contribution in [3.8, 4) is 0 Å². The summed E-state index contributed by atoms with van der Waals surface area (Å²) in [6.45, 7) is 0.299. The van der Waals surface area contributed by atoms with E-state index in [0.717, 1.165) is 18.4 Å². The zero-order valence-electron chi connectivity index (χ0n) is 12.4. The molecule has 2 N–H and O–H groups in total. The molecule has 0 spiro atoms. The highest BCUT2D eigenvalue weighted by Crippen LogP contribution is 2.27. The molecule has 1 fully saturated rings. The summed E-state index contributed by atoms with van der Waals surface area (Å²) in [5, 5.41) is 12.9. The van der Waals surface area contributed by atoms with Crippen molar-refractivity contribution in [2.24, 2.45) is 5.92 Å². The van der Waals surface area contributed by atoms with Crippen molar-refractivity contribution in [2.75, 3.05) is 12.8 Å². The van der Waals surface area contributed by atoms with E-state index in [0.29, 0.717) is 23.8 Å². The Morgan fingerprint density at radius 1 is 1.43 bits per heavy atom. The lowest BCUT2D eigenvalue weighted by Gasteiger charge is -2.18. The molecule has 2 rings (SSSR count). The number of benzene rings is 1. The lowest BCUT2D eigenvalue weighted by molar-refractivity contribution is 0.0840. The molecule has 1 saturated carbocycles. The van der Waals surface area contributed by atoms with Gasteiger partial charge in [-0.25, -0.2) is 0 Å². The van der Waals surface area contributed by atoms with E-state index in [-0.39, 0.29) is 5.91 Å². The van der Waals surface area contributed by atoms with Crippen LogP contribution in [0.4, 0.5) is 0 Å². The third-order valence-electron chi connectivity index (χ3n) is 3.97. The van der Waals surface area contributed by atoms with Crippen molar-refractivity contribution in [3.63, 3.8) is 0 Å². The van der Waals surface area contributed by atoms with Gasteiger partial charge in [-0.15, -0.1) is 0 Å². The van der Waals surface area contributed by atoms with Crippen molar-refractivity contribution in [3.05, 3.63) is 35.4 Å². The first-order valence-corrected chi connectivity index (χ1v) is 9.14. The number of hydrogen-bond donors (Lipinski definition) is 2. The fourth-order valence-corrected chi connectivity index (χ4v) is 3.49. The molecule has 0 aliphatic heterocycles. The Kier molecular flexibility index (Phi) is 5.94. The first-order chi connectivity index (χ1) is 10.1. The SMILES string of the molecule is CS(=O)Cc1cccc(C(=O)NCC(O)C2CCCC2)c1. The molecule has 0 aromatic heterocycles. The summed E-state index contributed by atoms with van der Waals surface area (Å²) in [6, 6.07) is 7.16. The highest BCUT2D eigenvalue weighted by molar-refractivity contribution is 7.83. The Balaban J connectivity index is 1.89. The van der Waals surface area contributed by atoms with Gasteiger partial charge < -0.3 is 10.4 Å². The van der Waals surface area contributed by atoms with Gasteiger partial charge in [0.05, 0.1) is 6.10 Å². The number of aliphatic hydroxyl groups excluding tert-OH is 1. The van der Waals surface area contributed by atoms with Gasteiger partial charge >= 0.3 is 0 Å². The van der Waals surface area contributed by atoms with E-state index in [4.69, 9.17) is 0 Å². The molecule has 0 saturated heterocycles. The summed E-state index contributed by atoms with van der Waals surface area (Å²) in [5.74, 6) is 0.584. The Morgan fingerprint density at radius 3 is 2.81 bits per heavy atom. The van der Waals surface area contributed by atoms with Crippen LogP contribution in [0.2, 0.25) is 0 Å². The highest BCUT2D eigenvalue weighted by atomic mass is 32.2. The average molecular weight is 309 g/mol. The Morgan fingerprint density at radius 2 is 2.14 bits per heavy atom. The van der Waals surface area contributed by atoms with Gasteiger partial charge in [-0.3, -0.25) is 9.00 Å². The summed E-state index contributed by atoms with van der Waals surface area (Å²) in [6.07, 6.45) is 5.63. The highest BCUT2D eigenvalue weighted by Gasteiger charge is 2.23. The number of carbonyl (C=O) groups excluding carboxylic acids is 1. The van der Waals surface area contributed by atoms with Gasteiger partial charge in [-0.05, 0) is 36.5 Å². The van der Waals surface area contributed by atoms with E-state index in [1.165, 1.54) is 12.8 Å². The van der Waals surface area contributed by atoms with Crippen LogP contribution in [0, 0.1) is 5.92 Å². The number of amides is 1. The molecule has 0 bridgehead atoms. The molecule has 1 amide bonds. The standard InChI is InChI=1S/C16H23NO3S/c1-21(20)11-12-5-4-8-14(9-12)16(19)17-10-15(18)13-6-2-3-7-13/h4-5,8-9,13,15,18H,2-3,6-7,10-11H2,1H3,(H,17,19). The molecule has 1 aliphatic carbocycles. The second kappa shape index (κ2) is 7.71. The second-order valence-electron chi connectivity index (χ2n) is 5.74. The van der Waals surface area contributed by atoms with E-state index in [1.54, 1.807) is 24.5 Å². The largest absolute Gasteiger partial charge is 0.391 e.